The minimum absolute atomic E-state index is 0.0739. The van der Waals surface area contributed by atoms with E-state index >= 15 is 0 Å². The summed E-state index contributed by atoms with van der Waals surface area (Å²) in [6.07, 6.45) is 7.07. The van der Waals surface area contributed by atoms with Gasteiger partial charge in [-0.1, -0.05) is 20.3 Å². The first-order chi connectivity index (χ1) is 7.12. The van der Waals surface area contributed by atoms with E-state index in [-0.39, 0.29) is 5.41 Å². The second-order valence-corrected chi connectivity index (χ2v) is 6.19. The van der Waals surface area contributed by atoms with Crippen molar-refractivity contribution in [3.8, 4) is 0 Å². The van der Waals surface area contributed by atoms with E-state index in [1.807, 2.05) is 0 Å². The molecule has 0 radical (unpaired) electrons. The largest absolute Gasteiger partial charge is 0.396 e. The molecule has 0 aromatic carbocycles. The summed E-state index contributed by atoms with van der Waals surface area (Å²) in [5, 5.41) is 9.34. The highest BCUT2D eigenvalue weighted by molar-refractivity contribution is 4.90. The SMILES string of the molecule is CC(C)(CO)CN1CCCC2CCCC21. The molecule has 0 spiro atoms. The summed E-state index contributed by atoms with van der Waals surface area (Å²) in [5.74, 6) is 0.966. The predicted octanol–water partition coefficient (Wildman–Crippen LogP) is 2.27. The molecule has 1 saturated heterocycles. The first-order valence-corrected chi connectivity index (χ1v) is 6.47. The van der Waals surface area contributed by atoms with Crippen LogP contribution >= 0.6 is 0 Å². The Balaban J connectivity index is 1.96. The monoisotopic (exact) mass is 211 g/mol. The lowest BCUT2D eigenvalue weighted by Crippen LogP contribution is -2.47. The summed E-state index contributed by atoms with van der Waals surface area (Å²) in [5.41, 5.74) is 0.0739. The van der Waals surface area contributed by atoms with Crippen LogP contribution in [0.4, 0.5) is 0 Å². The Kier molecular flexibility index (Phi) is 3.36. The van der Waals surface area contributed by atoms with Gasteiger partial charge >= 0.3 is 0 Å². The lowest BCUT2D eigenvalue weighted by Gasteiger charge is -2.41. The maximum atomic E-state index is 9.34. The summed E-state index contributed by atoms with van der Waals surface area (Å²) < 4.78 is 0. The Bertz CT molecular complexity index is 215. The quantitative estimate of drug-likeness (QED) is 0.774. The van der Waals surface area contributed by atoms with Crippen LogP contribution in [0.3, 0.4) is 0 Å². The van der Waals surface area contributed by atoms with Gasteiger partial charge in [-0.2, -0.15) is 0 Å². The third kappa shape index (κ3) is 2.54. The third-order valence-corrected chi connectivity index (χ3v) is 4.17. The Morgan fingerprint density at radius 1 is 1.20 bits per heavy atom. The van der Waals surface area contributed by atoms with E-state index in [9.17, 15) is 5.11 Å². The van der Waals surface area contributed by atoms with Crippen molar-refractivity contribution in [2.24, 2.45) is 11.3 Å². The molecule has 0 bridgehead atoms. The minimum atomic E-state index is 0.0739. The Hall–Kier alpha value is -0.0800. The van der Waals surface area contributed by atoms with Gasteiger partial charge in [-0.25, -0.2) is 0 Å². The van der Waals surface area contributed by atoms with E-state index in [2.05, 4.69) is 18.7 Å². The second kappa shape index (κ2) is 4.42. The second-order valence-electron chi connectivity index (χ2n) is 6.19. The van der Waals surface area contributed by atoms with Crippen molar-refractivity contribution < 1.29 is 5.11 Å². The molecule has 2 nitrogen and oxygen atoms in total. The lowest BCUT2D eigenvalue weighted by molar-refractivity contribution is 0.0445. The number of fused-ring (bicyclic) bond motifs is 1. The van der Waals surface area contributed by atoms with Crippen molar-refractivity contribution in [2.75, 3.05) is 19.7 Å². The molecule has 1 aliphatic carbocycles. The molecule has 15 heavy (non-hydrogen) atoms. The molecule has 1 aliphatic heterocycles. The highest BCUT2D eigenvalue weighted by Crippen LogP contribution is 2.37. The molecule has 2 unspecified atom stereocenters. The molecule has 1 saturated carbocycles. The molecule has 1 heterocycles. The molecular formula is C13H25NO. The average Bonchev–Trinajstić information content (AvgIpc) is 2.66. The van der Waals surface area contributed by atoms with E-state index < -0.39 is 0 Å². The molecule has 2 rings (SSSR count). The normalized spacial score (nSPS) is 33.0. The van der Waals surface area contributed by atoms with Gasteiger partial charge in [-0.15, -0.1) is 0 Å². The van der Waals surface area contributed by atoms with E-state index in [1.165, 1.54) is 38.6 Å². The van der Waals surface area contributed by atoms with Crippen molar-refractivity contribution in [3.63, 3.8) is 0 Å². The van der Waals surface area contributed by atoms with Gasteiger partial charge in [0, 0.05) is 24.6 Å². The standard InChI is InChI=1S/C13H25NO/c1-13(2,10-15)9-14-8-4-6-11-5-3-7-12(11)14/h11-12,15H,3-10H2,1-2H3. The van der Waals surface area contributed by atoms with Gasteiger partial charge in [0.05, 0.1) is 0 Å². The van der Waals surface area contributed by atoms with Crippen molar-refractivity contribution in [1.82, 2.24) is 4.90 Å². The third-order valence-electron chi connectivity index (χ3n) is 4.17. The van der Waals surface area contributed by atoms with Crippen LogP contribution in [-0.4, -0.2) is 35.7 Å². The fraction of sp³-hybridized carbons (Fsp3) is 1.00. The number of aliphatic hydroxyl groups is 1. The summed E-state index contributed by atoms with van der Waals surface area (Å²) in [7, 11) is 0. The molecule has 2 aliphatic rings. The Labute approximate surface area is 93.7 Å². The van der Waals surface area contributed by atoms with Crippen molar-refractivity contribution in [1.29, 1.82) is 0 Å². The van der Waals surface area contributed by atoms with E-state index in [0.29, 0.717) is 6.61 Å². The molecule has 2 heteroatoms. The summed E-state index contributed by atoms with van der Waals surface area (Å²) in [6.45, 7) is 6.98. The lowest BCUT2D eigenvalue weighted by atomic mass is 9.87. The zero-order chi connectivity index (χ0) is 10.9. The Morgan fingerprint density at radius 3 is 2.67 bits per heavy atom. The smallest absolute Gasteiger partial charge is 0.0494 e. The van der Waals surface area contributed by atoms with E-state index in [0.717, 1.165) is 18.5 Å². The van der Waals surface area contributed by atoms with Gasteiger partial charge in [-0.3, -0.25) is 4.90 Å². The Morgan fingerprint density at radius 2 is 1.93 bits per heavy atom. The topological polar surface area (TPSA) is 23.5 Å². The number of nitrogens with zero attached hydrogens (tertiary/aromatic N) is 1. The zero-order valence-electron chi connectivity index (χ0n) is 10.2. The van der Waals surface area contributed by atoms with Crippen LogP contribution in [-0.2, 0) is 0 Å². The van der Waals surface area contributed by atoms with E-state index in [1.54, 1.807) is 0 Å². The predicted molar refractivity (Wildman–Crippen MR) is 62.8 cm³/mol. The van der Waals surface area contributed by atoms with Crippen molar-refractivity contribution >= 4 is 0 Å². The molecule has 0 aromatic heterocycles. The zero-order valence-corrected chi connectivity index (χ0v) is 10.2. The van der Waals surface area contributed by atoms with Crippen LogP contribution in [0.25, 0.3) is 0 Å². The van der Waals surface area contributed by atoms with Gasteiger partial charge in [0.2, 0.25) is 0 Å². The van der Waals surface area contributed by atoms with E-state index in [4.69, 9.17) is 0 Å². The summed E-state index contributed by atoms with van der Waals surface area (Å²) in [4.78, 5) is 2.65. The molecule has 0 aromatic rings. The van der Waals surface area contributed by atoms with Crippen LogP contribution in [0.2, 0.25) is 0 Å². The first-order valence-electron chi connectivity index (χ1n) is 6.47. The van der Waals surface area contributed by atoms with Crippen LogP contribution in [0, 0.1) is 11.3 Å². The maximum absolute atomic E-state index is 9.34. The van der Waals surface area contributed by atoms with Gasteiger partial charge in [0.15, 0.2) is 0 Å². The van der Waals surface area contributed by atoms with Crippen molar-refractivity contribution in [3.05, 3.63) is 0 Å². The van der Waals surface area contributed by atoms with Gasteiger partial charge in [0.1, 0.15) is 0 Å². The summed E-state index contributed by atoms with van der Waals surface area (Å²) in [6, 6.07) is 0.838. The van der Waals surface area contributed by atoms with Crippen LogP contribution in [0.15, 0.2) is 0 Å². The fourth-order valence-electron chi connectivity index (χ4n) is 3.35. The highest BCUT2D eigenvalue weighted by Gasteiger charge is 2.36. The van der Waals surface area contributed by atoms with Gasteiger partial charge in [-0.05, 0) is 38.1 Å². The average molecular weight is 211 g/mol. The minimum Gasteiger partial charge on any atom is -0.396 e. The highest BCUT2D eigenvalue weighted by atomic mass is 16.3. The number of aliphatic hydroxyl groups excluding tert-OH is 1. The number of likely N-dealkylation sites (tertiary alicyclic amines) is 1. The number of piperidine rings is 1. The maximum Gasteiger partial charge on any atom is 0.0494 e. The molecule has 88 valence electrons. The number of hydrogen-bond acceptors (Lipinski definition) is 2. The van der Waals surface area contributed by atoms with Crippen LogP contribution < -0.4 is 0 Å². The fourth-order valence-corrected chi connectivity index (χ4v) is 3.35. The molecular weight excluding hydrogens is 186 g/mol. The summed E-state index contributed by atoms with van der Waals surface area (Å²) >= 11 is 0. The van der Waals surface area contributed by atoms with Crippen LogP contribution in [0.1, 0.15) is 46.0 Å². The van der Waals surface area contributed by atoms with Crippen LogP contribution in [0.5, 0.6) is 0 Å². The molecule has 2 atom stereocenters. The molecule has 0 amide bonds. The number of rotatable bonds is 3. The number of hydrogen-bond donors (Lipinski definition) is 1. The molecule has 1 N–H and O–H groups in total. The molecule has 2 fully saturated rings. The van der Waals surface area contributed by atoms with Crippen molar-refractivity contribution in [2.45, 2.75) is 52.0 Å². The van der Waals surface area contributed by atoms with Gasteiger partial charge < -0.3 is 5.11 Å². The first kappa shape index (κ1) is 11.4. The van der Waals surface area contributed by atoms with Gasteiger partial charge in [0.25, 0.3) is 0 Å².